The summed E-state index contributed by atoms with van der Waals surface area (Å²) in [6.07, 6.45) is 1.57. The van der Waals surface area contributed by atoms with E-state index in [4.69, 9.17) is 10.5 Å². The number of phenols is 1. The Labute approximate surface area is 92.5 Å². The second-order valence-electron chi connectivity index (χ2n) is 3.18. The summed E-state index contributed by atoms with van der Waals surface area (Å²) < 4.78 is 5.39. The highest BCUT2D eigenvalue weighted by molar-refractivity contribution is 5.31. The number of nitrogens with two attached hydrogens (primary N) is 1. The maximum absolute atomic E-state index is 9.22. The smallest absolute Gasteiger partial charge is 0.168 e. The Bertz CT molecular complexity index is 443. The molecule has 1 heterocycles. The molecule has 1 aromatic heterocycles. The minimum atomic E-state index is 0.158. The van der Waals surface area contributed by atoms with E-state index in [-0.39, 0.29) is 12.4 Å². The quantitative estimate of drug-likeness (QED) is 0.810. The van der Waals surface area contributed by atoms with E-state index in [1.54, 1.807) is 30.5 Å². The van der Waals surface area contributed by atoms with Crippen molar-refractivity contribution in [2.75, 3.05) is 5.73 Å². The lowest BCUT2D eigenvalue weighted by Gasteiger charge is -2.05. The molecule has 2 aromatic rings. The predicted octanol–water partition coefficient (Wildman–Crippen LogP) is 1.34. The van der Waals surface area contributed by atoms with E-state index in [9.17, 15) is 5.11 Å². The molecule has 0 unspecified atom stereocenters. The molecule has 0 saturated heterocycles. The van der Waals surface area contributed by atoms with Crippen LogP contribution in [0.25, 0.3) is 0 Å². The predicted molar refractivity (Wildman–Crippen MR) is 58.9 cm³/mol. The van der Waals surface area contributed by atoms with E-state index < -0.39 is 0 Å². The fourth-order valence-electron chi connectivity index (χ4n) is 1.21. The van der Waals surface area contributed by atoms with Crippen LogP contribution in [0.1, 0.15) is 5.82 Å². The number of rotatable bonds is 3. The highest BCUT2D eigenvalue weighted by Crippen LogP contribution is 2.18. The summed E-state index contributed by atoms with van der Waals surface area (Å²) >= 11 is 0. The van der Waals surface area contributed by atoms with Crippen molar-refractivity contribution in [3.63, 3.8) is 0 Å². The van der Waals surface area contributed by atoms with Gasteiger partial charge in [-0.3, -0.25) is 0 Å². The number of anilines is 1. The van der Waals surface area contributed by atoms with E-state index >= 15 is 0 Å². The minimum absolute atomic E-state index is 0.158. The summed E-state index contributed by atoms with van der Waals surface area (Å²) in [5.74, 6) is 1.63. The molecule has 0 amide bonds. The van der Waals surface area contributed by atoms with Crippen LogP contribution >= 0.6 is 0 Å². The monoisotopic (exact) mass is 217 g/mol. The molecule has 0 fully saturated rings. The molecular weight excluding hydrogens is 206 g/mol. The van der Waals surface area contributed by atoms with Crippen molar-refractivity contribution in [2.45, 2.75) is 6.61 Å². The second kappa shape index (κ2) is 4.48. The van der Waals surface area contributed by atoms with Gasteiger partial charge >= 0.3 is 0 Å². The Morgan fingerprint density at radius 3 is 2.94 bits per heavy atom. The number of hydrogen-bond donors (Lipinski definition) is 2. The zero-order valence-electron chi connectivity index (χ0n) is 8.50. The summed E-state index contributed by atoms with van der Waals surface area (Å²) in [6, 6.07) is 8.14. The van der Waals surface area contributed by atoms with Gasteiger partial charge in [0.05, 0.1) is 0 Å². The first-order chi connectivity index (χ1) is 7.74. The fourth-order valence-corrected chi connectivity index (χ4v) is 1.21. The van der Waals surface area contributed by atoms with E-state index in [0.29, 0.717) is 17.4 Å². The first kappa shape index (κ1) is 10.2. The van der Waals surface area contributed by atoms with Gasteiger partial charge in [0.2, 0.25) is 0 Å². The average Bonchev–Trinajstić information content (AvgIpc) is 2.27. The molecule has 16 heavy (non-hydrogen) atoms. The van der Waals surface area contributed by atoms with E-state index in [1.807, 2.05) is 0 Å². The molecule has 2 rings (SSSR count). The molecule has 0 saturated carbocycles. The van der Waals surface area contributed by atoms with Crippen molar-refractivity contribution in [3.05, 3.63) is 42.4 Å². The number of nitrogen functional groups attached to an aromatic ring is 1. The van der Waals surface area contributed by atoms with Crippen LogP contribution in [0.15, 0.2) is 36.5 Å². The van der Waals surface area contributed by atoms with Crippen molar-refractivity contribution in [3.8, 4) is 11.5 Å². The van der Waals surface area contributed by atoms with Crippen LogP contribution < -0.4 is 10.5 Å². The Kier molecular flexibility index (Phi) is 2.86. The first-order valence-corrected chi connectivity index (χ1v) is 4.73. The summed E-state index contributed by atoms with van der Waals surface area (Å²) in [5, 5.41) is 9.22. The molecule has 0 aliphatic rings. The van der Waals surface area contributed by atoms with E-state index in [1.165, 1.54) is 6.07 Å². The highest BCUT2D eigenvalue weighted by Gasteiger charge is 1.99. The molecule has 82 valence electrons. The largest absolute Gasteiger partial charge is 0.508 e. The van der Waals surface area contributed by atoms with Crippen LogP contribution in [0.4, 0.5) is 5.82 Å². The van der Waals surface area contributed by atoms with Crippen LogP contribution in [0, 0.1) is 0 Å². The van der Waals surface area contributed by atoms with Crippen LogP contribution in [0.5, 0.6) is 11.5 Å². The van der Waals surface area contributed by atoms with E-state index in [0.717, 1.165) is 0 Å². The molecule has 1 aromatic carbocycles. The zero-order valence-corrected chi connectivity index (χ0v) is 8.50. The van der Waals surface area contributed by atoms with E-state index in [2.05, 4.69) is 9.97 Å². The van der Waals surface area contributed by atoms with Crippen molar-refractivity contribution < 1.29 is 9.84 Å². The maximum Gasteiger partial charge on any atom is 0.168 e. The van der Waals surface area contributed by atoms with Gasteiger partial charge in [0.15, 0.2) is 5.82 Å². The lowest BCUT2D eigenvalue weighted by Crippen LogP contribution is -2.03. The molecular formula is C11H11N3O2. The molecule has 0 radical (unpaired) electrons. The maximum atomic E-state index is 9.22. The summed E-state index contributed by atoms with van der Waals surface area (Å²) in [4.78, 5) is 7.99. The van der Waals surface area contributed by atoms with Crippen molar-refractivity contribution in [2.24, 2.45) is 0 Å². The fraction of sp³-hybridized carbons (Fsp3) is 0.0909. The Balaban J connectivity index is 2.02. The van der Waals surface area contributed by atoms with Crippen molar-refractivity contribution >= 4 is 5.82 Å². The summed E-state index contributed by atoms with van der Waals surface area (Å²) in [5.41, 5.74) is 5.51. The Hall–Kier alpha value is -2.30. The SMILES string of the molecule is Nc1ccnc(COc2cccc(O)c2)n1. The lowest BCUT2D eigenvalue weighted by atomic mass is 10.3. The van der Waals surface area contributed by atoms with Gasteiger partial charge in [-0.1, -0.05) is 6.07 Å². The van der Waals surface area contributed by atoms with Crippen LogP contribution in [0.2, 0.25) is 0 Å². The number of benzene rings is 1. The van der Waals surface area contributed by atoms with Gasteiger partial charge in [0.25, 0.3) is 0 Å². The normalized spacial score (nSPS) is 10.0. The van der Waals surface area contributed by atoms with Gasteiger partial charge in [-0.2, -0.15) is 0 Å². The Morgan fingerprint density at radius 1 is 1.31 bits per heavy atom. The van der Waals surface area contributed by atoms with Crippen LogP contribution in [-0.4, -0.2) is 15.1 Å². The number of aromatic nitrogens is 2. The Morgan fingerprint density at radius 2 is 2.19 bits per heavy atom. The molecule has 3 N–H and O–H groups in total. The van der Waals surface area contributed by atoms with Crippen molar-refractivity contribution in [1.29, 1.82) is 0 Å². The van der Waals surface area contributed by atoms with Crippen LogP contribution in [0.3, 0.4) is 0 Å². The molecule has 0 spiro atoms. The summed E-state index contributed by atoms with van der Waals surface area (Å²) in [7, 11) is 0. The third-order valence-electron chi connectivity index (χ3n) is 1.91. The molecule has 5 heteroatoms. The molecule has 0 aliphatic carbocycles. The first-order valence-electron chi connectivity index (χ1n) is 4.73. The number of nitrogens with zero attached hydrogens (tertiary/aromatic N) is 2. The summed E-state index contributed by atoms with van der Waals surface area (Å²) in [6.45, 7) is 0.217. The number of hydrogen-bond acceptors (Lipinski definition) is 5. The number of aromatic hydroxyl groups is 1. The van der Waals surface area contributed by atoms with Gasteiger partial charge < -0.3 is 15.6 Å². The molecule has 0 aliphatic heterocycles. The lowest BCUT2D eigenvalue weighted by molar-refractivity contribution is 0.294. The number of ether oxygens (including phenoxy) is 1. The second-order valence-corrected chi connectivity index (χ2v) is 3.18. The third kappa shape index (κ3) is 2.60. The average molecular weight is 217 g/mol. The molecule has 5 nitrogen and oxygen atoms in total. The standard InChI is InChI=1S/C11H11N3O2/c12-10-4-5-13-11(14-10)7-16-9-3-1-2-8(15)6-9/h1-6,15H,7H2,(H2,12,13,14). The number of phenolic OH excluding ortho intramolecular Hbond substituents is 1. The third-order valence-corrected chi connectivity index (χ3v) is 1.91. The molecule has 0 atom stereocenters. The van der Waals surface area contributed by atoms with Crippen molar-refractivity contribution in [1.82, 2.24) is 9.97 Å². The van der Waals surface area contributed by atoms with Gasteiger partial charge in [-0.05, 0) is 18.2 Å². The zero-order chi connectivity index (χ0) is 11.4. The topological polar surface area (TPSA) is 81.3 Å². The van der Waals surface area contributed by atoms with Gasteiger partial charge in [-0.25, -0.2) is 9.97 Å². The highest BCUT2D eigenvalue weighted by atomic mass is 16.5. The van der Waals surface area contributed by atoms with Gasteiger partial charge in [-0.15, -0.1) is 0 Å². The minimum Gasteiger partial charge on any atom is -0.508 e. The van der Waals surface area contributed by atoms with Crippen LogP contribution in [-0.2, 0) is 6.61 Å². The van der Waals surface area contributed by atoms with Gasteiger partial charge in [0, 0.05) is 12.3 Å². The van der Waals surface area contributed by atoms with Gasteiger partial charge in [0.1, 0.15) is 23.9 Å². The molecule has 0 bridgehead atoms.